The molecular weight excluding hydrogens is 504 g/mol. The molecule has 4 aromatic rings. The molecule has 8 heteroatoms. The molecule has 0 aliphatic carbocycles. The first kappa shape index (κ1) is 26.5. The summed E-state index contributed by atoms with van der Waals surface area (Å²) in [5.74, 6) is 0.145. The first-order chi connectivity index (χ1) is 18.0. The smallest absolute Gasteiger partial charge is 0.243 e. The van der Waals surface area contributed by atoms with Crippen molar-refractivity contribution in [2.24, 2.45) is 0 Å². The van der Waals surface area contributed by atoms with E-state index in [1.165, 1.54) is 35.3 Å². The third-order valence-electron chi connectivity index (χ3n) is 5.64. The zero-order valence-electron chi connectivity index (χ0n) is 20.4. The van der Waals surface area contributed by atoms with Crippen LogP contribution in [0.2, 0.25) is 0 Å². The van der Waals surface area contributed by atoms with Crippen LogP contribution in [0, 0.1) is 0 Å². The van der Waals surface area contributed by atoms with Crippen LogP contribution in [0.3, 0.4) is 0 Å². The van der Waals surface area contributed by atoms with Crippen molar-refractivity contribution in [2.75, 3.05) is 25.5 Å². The summed E-state index contributed by atoms with van der Waals surface area (Å²) in [7, 11) is -2.41. The molecule has 0 aliphatic heterocycles. The molecule has 6 nitrogen and oxygen atoms in total. The minimum atomic E-state index is -3.93. The van der Waals surface area contributed by atoms with Gasteiger partial charge in [-0.15, -0.1) is 0 Å². The Morgan fingerprint density at radius 2 is 1.46 bits per heavy atom. The number of rotatable bonds is 11. The summed E-state index contributed by atoms with van der Waals surface area (Å²) in [4.78, 5) is 15.2. The van der Waals surface area contributed by atoms with Crippen LogP contribution in [0.5, 0.6) is 5.75 Å². The summed E-state index contributed by atoms with van der Waals surface area (Å²) in [6, 6.07) is 33.1. The van der Waals surface area contributed by atoms with Gasteiger partial charge in [0.25, 0.3) is 0 Å². The number of hydrogen-bond acceptors (Lipinski definition) is 5. The second-order valence-electron chi connectivity index (χ2n) is 8.21. The fourth-order valence-electron chi connectivity index (χ4n) is 3.70. The van der Waals surface area contributed by atoms with Gasteiger partial charge in [-0.1, -0.05) is 72.4 Å². The van der Waals surface area contributed by atoms with E-state index in [1.54, 1.807) is 12.1 Å². The number of carbonyl (C=O) groups is 1. The van der Waals surface area contributed by atoms with Crippen LogP contribution in [0.25, 0.3) is 0 Å². The van der Waals surface area contributed by atoms with Crippen molar-refractivity contribution >= 4 is 33.4 Å². The molecule has 0 heterocycles. The minimum absolute atomic E-state index is 0.106. The molecule has 4 rings (SSSR count). The van der Waals surface area contributed by atoms with E-state index >= 15 is 0 Å². The molecule has 0 aliphatic rings. The number of amides is 1. The van der Waals surface area contributed by atoms with Crippen molar-refractivity contribution in [3.63, 3.8) is 0 Å². The average molecular weight is 533 g/mol. The molecule has 1 amide bonds. The van der Waals surface area contributed by atoms with E-state index in [1.807, 2.05) is 84.9 Å². The first-order valence-corrected chi connectivity index (χ1v) is 14.0. The van der Waals surface area contributed by atoms with Gasteiger partial charge in [0.2, 0.25) is 15.9 Å². The van der Waals surface area contributed by atoms with Crippen LogP contribution in [-0.4, -0.2) is 38.8 Å². The highest BCUT2D eigenvalue weighted by molar-refractivity contribution is 7.99. The average Bonchev–Trinajstić information content (AvgIpc) is 2.93. The van der Waals surface area contributed by atoms with Gasteiger partial charge < -0.3 is 10.1 Å². The number of nitrogens with zero attached hydrogens (tertiary/aromatic N) is 1. The quantitative estimate of drug-likeness (QED) is 0.267. The van der Waals surface area contributed by atoms with Crippen LogP contribution in [0.15, 0.2) is 124 Å². The van der Waals surface area contributed by atoms with E-state index in [2.05, 4.69) is 5.32 Å². The van der Waals surface area contributed by atoms with Gasteiger partial charge in [0.1, 0.15) is 5.75 Å². The second kappa shape index (κ2) is 12.6. The van der Waals surface area contributed by atoms with Gasteiger partial charge in [0.05, 0.1) is 24.2 Å². The van der Waals surface area contributed by atoms with Crippen LogP contribution in [-0.2, 0) is 21.2 Å². The number of benzene rings is 4. The Morgan fingerprint density at radius 1 is 0.838 bits per heavy atom. The Bertz CT molecular complexity index is 1410. The Labute approximate surface area is 222 Å². The Hall–Kier alpha value is -3.59. The van der Waals surface area contributed by atoms with Crippen LogP contribution >= 0.6 is 11.8 Å². The number of nitrogens with one attached hydrogen (secondary N) is 1. The fourth-order valence-corrected chi connectivity index (χ4v) is 6.02. The molecule has 0 unspecified atom stereocenters. The van der Waals surface area contributed by atoms with Gasteiger partial charge in [0.15, 0.2) is 0 Å². The highest BCUT2D eigenvalue weighted by Crippen LogP contribution is 2.33. The normalized spacial score (nSPS) is 11.3. The topological polar surface area (TPSA) is 75.7 Å². The maximum atomic E-state index is 13.6. The van der Waals surface area contributed by atoms with Gasteiger partial charge in [-0.25, -0.2) is 8.42 Å². The lowest BCUT2D eigenvalue weighted by Gasteiger charge is -2.22. The molecule has 4 aromatic carbocycles. The number of ether oxygens (including phenoxy) is 1. The Kier molecular flexibility index (Phi) is 9.00. The molecule has 190 valence electrons. The lowest BCUT2D eigenvalue weighted by Crippen LogP contribution is -2.39. The Balaban J connectivity index is 1.54. The zero-order valence-corrected chi connectivity index (χ0v) is 22.0. The third kappa shape index (κ3) is 7.22. The monoisotopic (exact) mass is 532 g/mol. The molecule has 0 saturated heterocycles. The molecule has 1 N–H and O–H groups in total. The third-order valence-corrected chi connectivity index (χ3v) is 8.59. The predicted molar refractivity (Wildman–Crippen MR) is 148 cm³/mol. The number of carbonyl (C=O) groups excluding carboxylic acids is 1. The molecule has 0 radical (unpaired) electrons. The summed E-state index contributed by atoms with van der Waals surface area (Å²) < 4.78 is 33.5. The summed E-state index contributed by atoms with van der Waals surface area (Å²) in [6.07, 6.45) is 0.476. The number of para-hydroxylation sites is 1. The molecule has 0 saturated carbocycles. The highest BCUT2D eigenvalue weighted by atomic mass is 32.2. The van der Waals surface area contributed by atoms with E-state index in [4.69, 9.17) is 4.74 Å². The van der Waals surface area contributed by atoms with Crippen LogP contribution in [0.4, 0.5) is 5.69 Å². The lowest BCUT2D eigenvalue weighted by molar-refractivity contribution is -0.116. The van der Waals surface area contributed by atoms with Crippen molar-refractivity contribution in [1.82, 2.24) is 4.31 Å². The predicted octanol–water partition coefficient (Wildman–Crippen LogP) is 5.72. The summed E-state index contributed by atoms with van der Waals surface area (Å²) in [6.45, 7) is -0.155. The van der Waals surface area contributed by atoms with E-state index in [0.29, 0.717) is 17.9 Å². The number of anilines is 1. The van der Waals surface area contributed by atoms with Crippen LogP contribution < -0.4 is 10.1 Å². The largest absolute Gasteiger partial charge is 0.497 e. The molecule has 0 aromatic heterocycles. The molecule has 0 atom stereocenters. The Morgan fingerprint density at radius 3 is 2.14 bits per heavy atom. The SMILES string of the molecule is COc1ccc(S(=O)(=O)N(CCc2ccccc2)CC(=O)Nc2ccccc2Sc2ccccc2)cc1. The fraction of sp³-hybridized carbons (Fsp3) is 0.138. The van der Waals surface area contributed by atoms with Gasteiger partial charge in [-0.2, -0.15) is 4.31 Å². The maximum Gasteiger partial charge on any atom is 0.243 e. The molecule has 0 spiro atoms. The molecule has 0 fully saturated rings. The van der Waals surface area contributed by atoms with Crippen molar-refractivity contribution in [3.8, 4) is 5.75 Å². The van der Waals surface area contributed by atoms with E-state index in [9.17, 15) is 13.2 Å². The van der Waals surface area contributed by atoms with Crippen molar-refractivity contribution in [3.05, 3.63) is 115 Å². The number of hydrogen-bond donors (Lipinski definition) is 1. The van der Waals surface area contributed by atoms with Gasteiger partial charge >= 0.3 is 0 Å². The maximum absolute atomic E-state index is 13.6. The molecular formula is C29H28N2O4S2. The van der Waals surface area contributed by atoms with Crippen molar-refractivity contribution < 1.29 is 17.9 Å². The van der Waals surface area contributed by atoms with E-state index < -0.39 is 15.9 Å². The zero-order chi connectivity index (χ0) is 26.1. The van der Waals surface area contributed by atoms with Crippen molar-refractivity contribution in [2.45, 2.75) is 21.1 Å². The van der Waals surface area contributed by atoms with Gasteiger partial charge in [-0.05, 0) is 60.5 Å². The van der Waals surface area contributed by atoms with Crippen molar-refractivity contribution in [1.29, 1.82) is 0 Å². The summed E-state index contributed by atoms with van der Waals surface area (Å²) >= 11 is 1.53. The standard InChI is InChI=1S/C29H28N2O4S2/c1-35-24-16-18-26(19-17-24)37(33,34)31(21-20-23-10-4-2-5-11-23)22-29(32)30-27-14-8-9-15-28(27)36-25-12-6-3-7-13-25/h2-19H,20-22H2,1H3,(H,30,32). The van der Waals surface area contributed by atoms with Crippen LogP contribution in [0.1, 0.15) is 5.56 Å². The summed E-state index contributed by atoms with van der Waals surface area (Å²) in [5.41, 5.74) is 1.62. The van der Waals surface area contributed by atoms with Gasteiger partial charge in [-0.3, -0.25) is 4.79 Å². The second-order valence-corrected chi connectivity index (χ2v) is 11.3. The summed E-state index contributed by atoms with van der Waals surface area (Å²) in [5, 5.41) is 2.92. The molecule has 37 heavy (non-hydrogen) atoms. The first-order valence-electron chi connectivity index (χ1n) is 11.8. The lowest BCUT2D eigenvalue weighted by atomic mass is 10.1. The molecule has 0 bridgehead atoms. The van der Waals surface area contributed by atoms with Gasteiger partial charge in [0, 0.05) is 16.3 Å². The van der Waals surface area contributed by atoms with E-state index in [-0.39, 0.29) is 18.0 Å². The number of methoxy groups -OCH3 is 1. The highest BCUT2D eigenvalue weighted by Gasteiger charge is 2.27. The number of sulfonamides is 1. The van der Waals surface area contributed by atoms with E-state index in [0.717, 1.165) is 15.4 Å². The minimum Gasteiger partial charge on any atom is -0.497 e.